The minimum absolute atomic E-state index is 0.0272. The fourth-order valence-electron chi connectivity index (χ4n) is 4.99. The summed E-state index contributed by atoms with van der Waals surface area (Å²) in [6.45, 7) is 5.39. The third-order valence-corrected chi connectivity index (χ3v) is 7.21. The highest BCUT2D eigenvalue weighted by molar-refractivity contribution is 6.09. The summed E-state index contributed by atoms with van der Waals surface area (Å²) in [6, 6.07) is -0.473. The minimum atomic E-state index is -0.902. The van der Waals surface area contributed by atoms with Crippen molar-refractivity contribution in [3.63, 3.8) is 0 Å². The summed E-state index contributed by atoms with van der Waals surface area (Å²) >= 11 is 0. The number of carbonyl (C=O) groups excluding carboxylic acids is 4. The summed E-state index contributed by atoms with van der Waals surface area (Å²) in [7, 11) is 0. The molecule has 5 atom stereocenters. The number of nitrogens with one attached hydrogen (secondary N) is 2. The second-order valence-electron chi connectivity index (χ2n) is 9.04. The summed E-state index contributed by atoms with van der Waals surface area (Å²) < 4.78 is 5.04. The Labute approximate surface area is 172 Å². The Hall–Kier alpha value is -2.12. The Morgan fingerprint density at radius 2 is 1.90 bits per heavy atom. The highest BCUT2D eigenvalue weighted by Crippen LogP contribution is 2.38. The van der Waals surface area contributed by atoms with Gasteiger partial charge in [-0.2, -0.15) is 0 Å². The van der Waals surface area contributed by atoms with E-state index >= 15 is 0 Å². The number of nitrogens with zero attached hydrogens (tertiary/aromatic N) is 1. The van der Waals surface area contributed by atoms with Crippen LogP contribution in [0.25, 0.3) is 0 Å². The molecule has 4 amide bonds. The SMILES string of the molecule is C[C@@H]1[C@H](C)CCC[C@@H]1NC(=O)COC(=O)CN1C(=O)N[C@]2(CCCC[C@@H]2C)C1=O. The van der Waals surface area contributed by atoms with Crippen molar-refractivity contribution < 1.29 is 23.9 Å². The van der Waals surface area contributed by atoms with Crippen molar-refractivity contribution in [1.29, 1.82) is 0 Å². The molecule has 2 aliphatic carbocycles. The molecular formula is C21H33N3O5. The molecule has 29 heavy (non-hydrogen) atoms. The van der Waals surface area contributed by atoms with Gasteiger partial charge in [-0.3, -0.25) is 19.3 Å². The lowest BCUT2D eigenvalue weighted by Crippen LogP contribution is -2.54. The van der Waals surface area contributed by atoms with Gasteiger partial charge in [0.2, 0.25) is 0 Å². The van der Waals surface area contributed by atoms with Crippen LogP contribution in [0.4, 0.5) is 4.79 Å². The smallest absolute Gasteiger partial charge is 0.326 e. The third kappa shape index (κ3) is 4.41. The molecule has 1 saturated heterocycles. The number of esters is 1. The fraction of sp³-hybridized carbons (Fsp3) is 0.810. The monoisotopic (exact) mass is 407 g/mol. The zero-order valence-corrected chi connectivity index (χ0v) is 17.7. The number of hydrogen-bond acceptors (Lipinski definition) is 5. The highest BCUT2D eigenvalue weighted by Gasteiger charge is 2.55. The second-order valence-corrected chi connectivity index (χ2v) is 9.04. The lowest BCUT2D eigenvalue weighted by molar-refractivity contribution is -0.151. The molecule has 0 aromatic carbocycles. The lowest BCUT2D eigenvalue weighted by Gasteiger charge is -2.36. The van der Waals surface area contributed by atoms with Crippen molar-refractivity contribution in [2.24, 2.45) is 17.8 Å². The molecule has 3 aliphatic rings. The van der Waals surface area contributed by atoms with Crippen LogP contribution in [0.3, 0.4) is 0 Å². The molecule has 2 N–H and O–H groups in total. The molecule has 0 aromatic rings. The van der Waals surface area contributed by atoms with Gasteiger partial charge in [0.1, 0.15) is 12.1 Å². The van der Waals surface area contributed by atoms with Crippen molar-refractivity contribution in [3.8, 4) is 0 Å². The quantitative estimate of drug-likeness (QED) is 0.536. The molecule has 3 rings (SSSR count). The van der Waals surface area contributed by atoms with Crippen LogP contribution in [-0.4, -0.2) is 53.4 Å². The second kappa shape index (κ2) is 8.71. The summed E-state index contributed by atoms with van der Waals surface area (Å²) in [5, 5.41) is 5.74. The molecule has 162 valence electrons. The largest absolute Gasteiger partial charge is 0.454 e. The number of carbonyl (C=O) groups is 4. The third-order valence-electron chi connectivity index (χ3n) is 7.21. The maximum absolute atomic E-state index is 12.9. The van der Waals surface area contributed by atoms with Crippen LogP contribution in [0.2, 0.25) is 0 Å². The Bertz CT molecular complexity index is 681. The first-order valence-corrected chi connectivity index (χ1v) is 10.8. The molecule has 1 heterocycles. The average molecular weight is 408 g/mol. The first-order chi connectivity index (χ1) is 13.7. The van der Waals surface area contributed by atoms with Gasteiger partial charge in [0, 0.05) is 6.04 Å². The standard InChI is InChI=1S/C21H33N3O5/c1-13-7-6-9-16(15(13)3)22-17(25)12-29-18(26)11-24-19(27)21(23-20(24)28)10-5-4-8-14(21)2/h13-16H,4-12H2,1-3H3,(H,22,25)(H,23,28)/t13-,14+,15-,16+,21+/m1/s1. The molecule has 8 heteroatoms. The van der Waals surface area contributed by atoms with E-state index in [4.69, 9.17) is 4.74 Å². The van der Waals surface area contributed by atoms with Crippen molar-refractivity contribution >= 4 is 23.8 Å². The van der Waals surface area contributed by atoms with E-state index in [1.165, 1.54) is 0 Å². The molecule has 1 aliphatic heterocycles. The van der Waals surface area contributed by atoms with Gasteiger partial charge < -0.3 is 15.4 Å². The summed E-state index contributed by atoms with van der Waals surface area (Å²) in [6.07, 6.45) is 6.51. The van der Waals surface area contributed by atoms with E-state index in [9.17, 15) is 19.2 Å². The fourth-order valence-corrected chi connectivity index (χ4v) is 4.99. The van der Waals surface area contributed by atoms with Crippen molar-refractivity contribution in [1.82, 2.24) is 15.5 Å². The summed E-state index contributed by atoms with van der Waals surface area (Å²) in [5.41, 5.74) is -0.902. The Kier molecular flexibility index (Phi) is 6.49. The number of urea groups is 1. The van der Waals surface area contributed by atoms with E-state index in [-0.39, 0.29) is 23.8 Å². The van der Waals surface area contributed by atoms with Crippen molar-refractivity contribution in [2.45, 2.75) is 77.3 Å². The van der Waals surface area contributed by atoms with Gasteiger partial charge in [-0.15, -0.1) is 0 Å². The number of amides is 4. The Morgan fingerprint density at radius 3 is 2.62 bits per heavy atom. The molecule has 0 unspecified atom stereocenters. The number of hydrogen-bond donors (Lipinski definition) is 2. The predicted molar refractivity (Wildman–Crippen MR) is 106 cm³/mol. The molecular weight excluding hydrogens is 374 g/mol. The van der Waals surface area contributed by atoms with E-state index in [2.05, 4.69) is 24.5 Å². The number of imide groups is 1. The highest BCUT2D eigenvalue weighted by atomic mass is 16.5. The minimum Gasteiger partial charge on any atom is -0.454 e. The Balaban J connectivity index is 1.48. The molecule has 8 nitrogen and oxygen atoms in total. The first-order valence-electron chi connectivity index (χ1n) is 10.8. The van der Waals surface area contributed by atoms with Gasteiger partial charge >= 0.3 is 12.0 Å². The molecule has 0 aromatic heterocycles. The van der Waals surface area contributed by atoms with Crippen LogP contribution < -0.4 is 10.6 Å². The van der Waals surface area contributed by atoms with E-state index in [0.717, 1.165) is 43.4 Å². The number of ether oxygens (including phenoxy) is 1. The van der Waals surface area contributed by atoms with Gasteiger partial charge in [0.25, 0.3) is 11.8 Å². The maximum atomic E-state index is 12.9. The summed E-state index contributed by atoms with van der Waals surface area (Å²) in [4.78, 5) is 50.4. The van der Waals surface area contributed by atoms with E-state index in [1.807, 2.05) is 6.92 Å². The zero-order valence-electron chi connectivity index (χ0n) is 17.7. The molecule has 0 bridgehead atoms. The van der Waals surface area contributed by atoms with Crippen LogP contribution in [-0.2, 0) is 19.1 Å². The van der Waals surface area contributed by atoms with Crippen LogP contribution >= 0.6 is 0 Å². The van der Waals surface area contributed by atoms with Crippen molar-refractivity contribution in [2.75, 3.05) is 13.2 Å². The number of rotatable bonds is 5. The van der Waals surface area contributed by atoms with Crippen LogP contribution in [0.15, 0.2) is 0 Å². The van der Waals surface area contributed by atoms with Crippen LogP contribution in [0, 0.1) is 17.8 Å². The van der Waals surface area contributed by atoms with Gasteiger partial charge in [0.15, 0.2) is 6.61 Å². The Morgan fingerprint density at radius 1 is 1.14 bits per heavy atom. The predicted octanol–water partition coefficient (Wildman–Crippen LogP) is 1.97. The van der Waals surface area contributed by atoms with Gasteiger partial charge in [-0.1, -0.05) is 46.5 Å². The molecule has 0 radical (unpaired) electrons. The van der Waals surface area contributed by atoms with Crippen molar-refractivity contribution in [3.05, 3.63) is 0 Å². The van der Waals surface area contributed by atoms with E-state index in [1.54, 1.807) is 0 Å². The summed E-state index contributed by atoms with van der Waals surface area (Å²) in [5.74, 6) is -0.512. The zero-order chi connectivity index (χ0) is 21.2. The topological polar surface area (TPSA) is 105 Å². The molecule has 3 fully saturated rings. The molecule has 1 spiro atoms. The normalized spacial score (nSPS) is 34.8. The van der Waals surface area contributed by atoms with Crippen LogP contribution in [0.1, 0.15) is 65.7 Å². The van der Waals surface area contributed by atoms with Crippen LogP contribution in [0.5, 0.6) is 0 Å². The van der Waals surface area contributed by atoms with E-state index in [0.29, 0.717) is 18.3 Å². The average Bonchev–Trinajstić information content (AvgIpc) is 2.91. The van der Waals surface area contributed by atoms with Gasteiger partial charge in [-0.05, 0) is 37.0 Å². The first kappa shape index (κ1) is 21.6. The van der Waals surface area contributed by atoms with Gasteiger partial charge in [0.05, 0.1) is 0 Å². The molecule has 2 saturated carbocycles. The van der Waals surface area contributed by atoms with Gasteiger partial charge in [-0.25, -0.2) is 4.79 Å². The van der Waals surface area contributed by atoms with E-state index < -0.39 is 30.7 Å². The lowest BCUT2D eigenvalue weighted by atomic mass is 9.73. The maximum Gasteiger partial charge on any atom is 0.326 e.